The number of primary sulfonamides is 1. The van der Waals surface area contributed by atoms with E-state index in [0.29, 0.717) is 17.4 Å². The van der Waals surface area contributed by atoms with Gasteiger partial charge < -0.3 is 11.1 Å². The summed E-state index contributed by atoms with van der Waals surface area (Å²) in [7, 11) is -3.77. The van der Waals surface area contributed by atoms with Crippen molar-refractivity contribution in [3.63, 3.8) is 0 Å². The third-order valence-electron chi connectivity index (χ3n) is 4.22. The maximum absolute atomic E-state index is 11.7. The summed E-state index contributed by atoms with van der Waals surface area (Å²) in [5.74, 6) is 0.817. The Morgan fingerprint density at radius 3 is 2.48 bits per heavy atom. The molecule has 6 heteroatoms. The van der Waals surface area contributed by atoms with E-state index in [4.69, 9.17) is 10.9 Å². The van der Waals surface area contributed by atoms with Gasteiger partial charge in [0.25, 0.3) is 0 Å². The molecule has 0 radical (unpaired) electrons. The van der Waals surface area contributed by atoms with E-state index in [1.807, 2.05) is 0 Å². The second-order valence-corrected chi connectivity index (χ2v) is 7.48. The lowest BCUT2D eigenvalue weighted by molar-refractivity contribution is 0.318. The van der Waals surface area contributed by atoms with Crippen molar-refractivity contribution < 1.29 is 8.42 Å². The van der Waals surface area contributed by atoms with Gasteiger partial charge in [0, 0.05) is 11.7 Å². The van der Waals surface area contributed by atoms with Gasteiger partial charge in [0.2, 0.25) is 10.0 Å². The molecule has 2 rings (SSSR count). The summed E-state index contributed by atoms with van der Waals surface area (Å²) in [6.45, 7) is 2.22. The van der Waals surface area contributed by atoms with E-state index >= 15 is 0 Å². The molecular weight excluding hydrogens is 286 g/mol. The fourth-order valence-electron chi connectivity index (χ4n) is 3.12. The van der Waals surface area contributed by atoms with Crippen LogP contribution in [0.2, 0.25) is 0 Å². The number of hydrogen-bond acceptors (Lipinski definition) is 4. The monoisotopic (exact) mass is 311 g/mol. The molecule has 5 nitrogen and oxygen atoms in total. The Bertz CT molecular complexity index is 579. The van der Waals surface area contributed by atoms with Gasteiger partial charge in [0.15, 0.2) is 0 Å². The van der Waals surface area contributed by atoms with Crippen LogP contribution >= 0.6 is 0 Å². The van der Waals surface area contributed by atoms with Crippen LogP contribution in [-0.4, -0.2) is 14.5 Å². The van der Waals surface area contributed by atoms with Gasteiger partial charge in [-0.2, -0.15) is 0 Å². The molecule has 21 heavy (non-hydrogen) atoms. The van der Waals surface area contributed by atoms with Gasteiger partial charge >= 0.3 is 0 Å². The molecule has 1 aliphatic carbocycles. The Kier molecular flexibility index (Phi) is 5.11. The average Bonchev–Trinajstić information content (AvgIpc) is 2.42. The highest BCUT2D eigenvalue weighted by molar-refractivity contribution is 7.89. The molecule has 118 valence electrons. The lowest BCUT2D eigenvalue weighted by Gasteiger charge is -2.30. The molecule has 0 unspecified atom stereocenters. The zero-order valence-corrected chi connectivity index (χ0v) is 13.3. The predicted octanol–water partition coefficient (Wildman–Crippen LogP) is 2.69. The molecule has 0 heterocycles. The first-order valence-corrected chi connectivity index (χ1v) is 9.13. The van der Waals surface area contributed by atoms with Crippen molar-refractivity contribution >= 4 is 21.4 Å². The lowest BCUT2D eigenvalue weighted by atomic mass is 9.83. The second kappa shape index (κ2) is 6.66. The highest BCUT2D eigenvalue weighted by atomic mass is 32.2. The molecule has 0 aromatic heterocycles. The molecule has 1 aromatic carbocycles. The third-order valence-corrected chi connectivity index (χ3v) is 5.17. The van der Waals surface area contributed by atoms with Crippen LogP contribution in [0.3, 0.4) is 0 Å². The summed E-state index contributed by atoms with van der Waals surface area (Å²) >= 11 is 0. The van der Waals surface area contributed by atoms with Gasteiger partial charge in [0.05, 0.1) is 5.69 Å². The van der Waals surface area contributed by atoms with Crippen molar-refractivity contribution in [3.8, 4) is 0 Å². The van der Waals surface area contributed by atoms with Crippen LogP contribution in [0.25, 0.3) is 0 Å². The van der Waals surface area contributed by atoms with Gasteiger partial charge in [-0.1, -0.05) is 19.8 Å². The van der Waals surface area contributed by atoms with Crippen LogP contribution in [0.15, 0.2) is 23.1 Å². The van der Waals surface area contributed by atoms with Crippen LogP contribution < -0.4 is 16.2 Å². The molecule has 1 fully saturated rings. The van der Waals surface area contributed by atoms with Crippen molar-refractivity contribution in [1.82, 2.24) is 0 Å². The Balaban J connectivity index is 2.07. The summed E-state index contributed by atoms with van der Waals surface area (Å²) in [4.78, 5) is 0.0816. The van der Waals surface area contributed by atoms with E-state index in [-0.39, 0.29) is 4.90 Å². The van der Waals surface area contributed by atoms with Crippen molar-refractivity contribution in [2.24, 2.45) is 11.1 Å². The van der Waals surface area contributed by atoms with E-state index in [1.165, 1.54) is 31.7 Å². The summed E-state index contributed by atoms with van der Waals surface area (Å²) < 4.78 is 23.3. The zero-order chi connectivity index (χ0) is 15.5. The van der Waals surface area contributed by atoms with E-state index in [0.717, 1.165) is 18.8 Å². The Labute approximate surface area is 127 Å². The maximum atomic E-state index is 11.7. The quantitative estimate of drug-likeness (QED) is 0.728. The lowest BCUT2D eigenvalue weighted by Crippen LogP contribution is -2.27. The van der Waals surface area contributed by atoms with Gasteiger partial charge in [-0.3, -0.25) is 0 Å². The topological polar surface area (TPSA) is 98.2 Å². The number of anilines is 2. The Morgan fingerprint density at radius 2 is 1.90 bits per heavy atom. The van der Waals surface area contributed by atoms with Crippen molar-refractivity contribution in [2.45, 2.75) is 56.4 Å². The fourth-order valence-corrected chi connectivity index (χ4v) is 3.85. The van der Waals surface area contributed by atoms with Gasteiger partial charge in [-0.15, -0.1) is 0 Å². The SMILES string of the molecule is CCCC1CCC(Nc2ccc(N)cc2S(N)(=O)=O)CC1. The number of nitrogens with two attached hydrogens (primary N) is 2. The largest absolute Gasteiger partial charge is 0.399 e. The van der Waals surface area contributed by atoms with Gasteiger partial charge in [-0.05, 0) is 49.8 Å². The Morgan fingerprint density at radius 1 is 1.24 bits per heavy atom. The molecule has 0 spiro atoms. The minimum absolute atomic E-state index is 0.0816. The van der Waals surface area contributed by atoms with Gasteiger partial charge in [0.1, 0.15) is 4.90 Å². The van der Waals surface area contributed by atoms with Crippen LogP contribution in [-0.2, 0) is 10.0 Å². The average molecular weight is 311 g/mol. The molecule has 1 saturated carbocycles. The van der Waals surface area contributed by atoms with E-state index in [1.54, 1.807) is 12.1 Å². The molecule has 0 bridgehead atoms. The number of nitrogen functional groups attached to an aromatic ring is 1. The Hall–Kier alpha value is -1.27. The van der Waals surface area contributed by atoms with Crippen molar-refractivity contribution in [1.29, 1.82) is 0 Å². The van der Waals surface area contributed by atoms with Gasteiger partial charge in [-0.25, -0.2) is 13.6 Å². The smallest absolute Gasteiger partial charge is 0.240 e. The first kappa shape index (κ1) is 16.1. The summed E-state index contributed by atoms with van der Waals surface area (Å²) in [5.41, 5.74) is 6.62. The second-order valence-electron chi connectivity index (χ2n) is 5.95. The first-order valence-electron chi connectivity index (χ1n) is 7.59. The summed E-state index contributed by atoms with van der Waals surface area (Å²) in [6.07, 6.45) is 7.06. The number of nitrogens with one attached hydrogen (secondary N) is 1. The minimum Gasteiger partial charge on any atom is -0.399 e. The standard InChI is InChI=1S/C15H25N3O2S/c1-2-3-11-4-7-13(8-5-11)18-14-9-6-12(16)10-15(14)21(17,19)20/h6,9-11,13,18H,2-5,7-8,16H2,1H3,(H2,17,19,20). The minimum atomic E-state index is -3.77. The van der Waals surface area contributed by atoms with E-state index in [9.17, 15) is 8.42 Å². The predicted molar refractivity (Wildman–Crippen MR) is 86.5 cm³/mol. The molecular formula is C15H25N3O2S. The van der Waals surface area contributed by atoms with Crippen LogP contribution in [0.1, 0.15) is 45.4 Å². The molecule has 0 aliphatic heterocycles. The molecule has 0 amide bonds. The van der Waals surface area contributed by atoms with Crippen LogP contribution in [0, 0.1) is 5.92 Å². The number of benzene rings is 1. The van der Waals surface area contributed by atoms with Crippen molar-refractivity contribution in [3.05, 3.63) is 18.2 Å². The highest BCUT2D eigenvalue weighted by Crippen LogP contribution is 2.31. The molecule has 0 saturated heterocycles. The fraction of sp³-hybridized carbons (Fsp3) is 0.600. The zero-order valence-electron chi connectivity index (χ0n) is 12.5. The summed E-state index contributed by atoms with van der Waals surface area (Å²) in [5, 5.41) is 8.60. The molecule has 1 aromatic rings. The van der Waals surface area contributed by atoms with Crippen LogP contribution in [0.5, 0.6) is 0 Å². The van der Waals surface area contributed by atoms with Crippen molar-refractivity contribution in [2.75, 3.05) is 11.1 Å². The molecule has 0 atom stereocenters. The highest BCUT2D eigenvalue weighted by Gasteiger charge is 2.22. The summed E-state index contributed by atoms with van der Waals surface area (Å²) in [6, 6.07) is 5.12. The van der Waals surface area contributed by atoms with E-state index < -0.39 is 10.0 Å². The maximum Gasteiger partial charge on any atom is 0.240 e. The number of hydrogen-bond donors (Lipinski definition) is 3. The normalized spacial score (nSPS) is 23.0. The van der Waals surface area contributed by atoms with E-state index in [2.05, 4.69) is 12.2 Å². The first-order chi connectivity index (χ1) is 9.90. The number of sulfonamides is 1. The van der Waals surface area contributed by atoms with Crippen LogP contribution in [0.4, 0.5) is 11.4 Å². The molecule has 5 N–H and O–H groups in total. The third kappa shape index (κ3) is 4.35. The number of rotatable bonds is 5. The molecule has 1 aliphatic rings.